The lowest BCUT2D eigenvalue weighted by Gasteiger charge is -2.12. The maximum absolute atomic E-state index is 9.48. The maximum Gasteiger partial charge on any atom is 0.133 e. The van der Waals surface area contributed by atoms with E-state index in [1.807, 2.05) is 0 Å². The molecule has 1 saturated carbocycles. The van der Waals surface area contributed by atoms with Crippen molar-refractivity contribution in [2.75, 3.05) is 17.6 Å². The second-order valence-corrected chi connectivity index (χ2v) is 5.06. The molecule has 1 aliphatic carbocycles. The summed E-state index contributed by atoms with van der Waals surface area (Å²) in [6, 6.07) is 1.77. The fourth-order valence-electron chi connectivity index (χ4n) is 2.43. The minimum absolute atomic E-state index is 0.122. The molecule has 0 amide bonds. The highest BCUT2D eigenvalue weighted by Crippen LogP contribution is 2.25. The van der Waals surface area contributed by atoms with Gasteiger partial charge in [0.05, 0.1) is 6.10 Å². The van der Waals surface area contributed by atoms with Crippen LogP contribution in [0.25, 0.3) is 0 Å². The lowest BCUT2D eigenvalue weighted by Crippen LogP contribution is -2.14. The quantitative estimate of drug-likeness (QED) is 0.739. The van der Waals surface area contributed by atoms with E-state index in [2.05, 4.69) is 22.2 Å². The van der Waals surface area contributed by atoms with E-state index in [1.165, 1.54) is 0 Å². The summed E-state index contributed by atoms with van der Waals surface area (Å²) in [7, 11) is 0. The molecule has 1 fully saturated rings. The third kappa shape index (κ3) is 3.57. The third-order valence-electron chi connectivity index (χ3n) is 3.35. The van der Waals surface area contributed by atoms with Crippen molar-refractivity contribution in [1.82, 2.24) is 9.97 Å². The third-order valence-corrected chi connectivity index (χ3v) is 3.35. The number of aromatic nitrogens is 2. The maximum atomic E-state index is 9.48. The molecular weight excluding hydrogens is 228 g/mol. The molecule has 18 heavy (non-hydrogen) atoms. The first-order valence-electron chi connectivity index (χ1n) is 6.72. The molecule has 1 aromatic rings. The van der Waals surface area contributed by atoms with E-state index in [-0.39, 0.29) is 6.10 Å². The van der Waals surface area contributed by atoms with Gasteiger partial charge in [0.1, 0.15) is 17.5 Å². The number of hydrogen-bond donors (Lipinski definition) is 3. The first kappa shape index (κ1) is 13.1. The molecule has 2 unspecified atom stereocenters. The number of nitrogens with zero attached hydrogens (tertiary/aromatic N) is 2. The van der Waals surface area contributed by atoms with Gasteiger partial charge in [0.15, 0.2) is 0 Å². The van der Waals surface area contributed by atoms with Crippen LogP contribution in [0.5, 0.6) is 0 Å². The number of anilines is 2. The van der Waals surface area contributed by atoms with Gasteiger partial charge >= 0.3 is 0 Å². The van der Waals surface area contributed by atoms with E-state index < -0.39 is 0 Å². The van der Waals surface area contributed by atoms with Crippen LogP contribution >= 0.6 is 0 Å². The Balaban J connectivity index is 1.92. The molecule has 1 aromatic heterocycles. The Morgan fingerprint density at radius 2 is 2.28 bits per heavy atom. The van der Waals surface area contributed by atoms with E-state index in [1.54, 1.807) is 6.07 Å². The summed E-state index contributed by atoms with van der Waals surface area (Å²) >= 11 is 0. The average molecular weight is 250 g/mol. The number of nitrogens with one attached hydrogen (secondary N) is 1. The summed E-state index contributed by atoms with van der Waals surface area (Å²) in [5.41, 5.74) is 5.76. The van der Waals surface area contributed by atoms with Crippen LogP contribution in [0.4, 0.5) is 11.6 Å². The number of aliphatic hydroxyl groups excluding tert-OH is 1. The van der Waals surface area contributed by atoms with E-state index in [4.69, 9.17) is 5.73 Å². The van der Waals surface area contributed by atoms with E-state index in [0.717, 1.165) is 50.3 Å². The van der Waals surface area contributed by atoms with Crippen LogP contribution in [0.3, 0.4) is 0 Å². The lowest BCUT2D eigenvalue weighted by atomic mass is 10.1. The Hall–Kier alpha value is -1.36. The predicted molar refractivity (Wildman–Crippen MR) is 72.3 cm³/mol. The van der Waals surface area contributed by atoms with Gasteiger partial charge in [-0.25, -0.2) is 9.97 Å². The zero-order chi connectivity index (χ0) is 13.0. The van der Waals surface area contributed by atoms with Crippen molar-refractivity contribution in [3.63, 3.8) is 0 Å². The second-order valence-electron chi connectivity index (χ2n) is 5.06. The van der Waals surface area contributed by atoms with Crippen LogP contribution < -0.4 is 11.1 Å². The first-order valence-corrected chi connectivity index (χ1v) is 6.72. The summed E-state index contributed by atoms with van der Waals surface area (Å²) in [4.78, 5) is 8.64. The molecule has 5 nitrogen and oxygen atoms in total. The fraction of sp³-hybridized carbons (Fsp3) is 0.692. The zero-order valence-electron chi connectivity index (χ0n) is 10.9. The van der Waals surface area contributed by atoms with Crippen molar-refractivity contribution < 1.29 is 5.11 Å². The molecule has 0 radical (unpaired) electrons. The van der Waals surface area contributed by atoms with Gasteiger partial charge < -0.3 is 16.2 Å². The summed E-state index contributed by atoms with van der Waals surface area (Å²) in [5, 5.41) is 12.8. The molecule has 1 heterocycles. The highest BCUT2D eigenvalue weighted by Gasteiger charge is 2.22. The Morgan fingerprint density at radius 3 is 2.94 bits per heavy atom. The predicted octanol–water partition coefficient (Wildman–Crippen LogP) is 1.58. The molecule has 2 rings (SSSR count). The summed E-state index contributed by atoms with van der Waals surface area (Å²) in [5.74, 6) is 2.65. The number of aliphatic hydroxyl groups is 1. The van der Waals surface area contributed by atoms with Crippen LogP contribution in [-0.2, 0) is 6.42 Å². The number of nitrogens with two attached hydrogens (primary N) is 1. The number of rotatable bonds is 5. The summed E-state index contributed by atoms with van der Waals surface area (Å²) in [6.07, 6.45) is 4.62. The fourth-order valence-corrected chi connectivity index (χ4v) is 2.43. The molecule has 100 valence electrons. The van der Waals surface area contributed by atoms with Gasteiger partial charge in [0.2, 0.25) is 0 Å². The van der Waals surface area contributed by atoms with Gasteiger partial charge in [-0.3, -0.25) is 0 Å². The Kier molecular flexibility index (Phi) is 4.36. The van der Waals surface area contributed by atoms with Gasteiger partial charge in [-0.05, 0) is 31.6 Å². The van der Waals surface area contributed by atoms with Crippen LogP contribution in [0.1, 0.15) is 38.4 Å². The van der Waals surface area contributed by atoms with Crippen LogP contribution in [0, 0.1) is 5.92 Å². The van der Waals surface area contributed by atoms with Crippen LogP contribution in [0.2, 0.25) is 0 Å². The van der Waals surface area contributed by atoms with Gasteiger partial charge in [-0.15, -0.1) is 0 Å². The smallest absolute Gasteiger partial charge is 0.133 e. The molecular formula is C13H22N4O. The highest BCUT2D eigenvalue weighted by molar-refractivity contribution is 5.44. The standard InChI is InChI=1S/C13H22N4O/c1-2-3-12-16-11(14)7-13(17-12)15-8-9-4-5-10(18)6-9/h7,9-10,18H,2-6,8H2,1H3,(H3,14,15,16,17). The number of hydrogen-bond acceptors (Lipinski definition) is 5. The van der Waals surface area contributed by atoms with Gasteiger partial charge in [-0.2, -0.15) is 0 Å². The van der Waals surface area contributed by atoms with Gasteiger partial charge in [-0.1, -0.05) is 6.92 Å². The van der Waals surface area contributed by atoms with Gasteiger partial charge in [0.25, 0.3) is 0 Å². The van der Waals surface area contributed by atoms with E-state index >= 15 is 0 Å². The number of nitrogen functional groups attached to an aromatic ring is 1. The van der Waals surface area contributed by atoms with Gasteiger partial charge in [0, 0.05) is 19.0 Å². The Bertz CT molecular complexity index is 397. The molecule has 0 saturated heterocycles. The van der Waals surface area contributed by atoms with Crippen molar-refractivity contribution in [3.05, 3.63) is 11.9 Å². The summed E-state index contributed by atoms with van der Waals surface area (Å²) in [6.45, 7) is 2.94. The molecule has 0 bridgehead atoms. The van der Waals surface area contributed by atoms with Crippen LogP contribution in [0.15, 0.2) is 6.07 Å². The lowest BCUT2D eigenvalue weighted by molar-refractivity contribution is 0.178. The molecule has 4 N–H and O–H groups in total. The zero-order valence-corrected chi connectivity index (χ0v) is 10.9. The second kappa shape index (κ2) is 6.00. The summed E-state index contributed by atoms with van der Waals surface area (Å²) < 4.78 is 0. The van der Waals surface area contributed by atoms with Crippen molar-refractivity contribution in [2.45, 2.75) is 45.1 Å². The van der Waals surface area contributed by atoms with E-state index in [0.29, 0.717) is 11.7 Å². The van der Waals surface area contributed by atoms with Crippen molar-refractivity contribution >= 4 is 11.6 Å². The minimum Gasteiger partial charge on any atom is -0.393 e. The van der Waals surface area contributed by atoms with Crippen molar-refractivity contribution in [2.24, 2.45) is 5.92 Å². The highest BCUT2D eigenvalue weighted by atomic mass is 16.3. The molecule has 0 spiro atoms. The number of aryl methyl sites for hydroxylation is 1. The average Bonchev–Trinajstić information content (AvgIpc) is 2.72. The monoisotopic (exact) mass is 250 g/mol. The minimum atomic E-state index is -0.122. The first-order chi connectivity index (χ1) is 8.67. The Morgan fingerprint density at radius 1 is 1.44 bits per heavy atom. The van der Waals surface area contributed by atoms with Crippen molar-refractivity contribution in [1.29, 1.82) is 0 Å². The normalized spacial score (nSPS) is 23.2. The molecule has 0 aromatic carbocycles. The van der Waals surface area contributed by atoms with E-state index in [9.17, 15) is 5.11 Å². The molecule has 2 atom stereocenters. The molecule has 1 aliphatic rings. The van der Waals surface area contributed by atoms with Crippen molar-refractivity contribution in [3.8, 4) is 0 Å². The molecule has 0 aliphatic heterocycles. The Labute approximate surface area is 108 Å². The SMILES string of the molecule is CCCc1nc(N)cc(NCC2CCC(O)C2)n1. The van der Waals surface area contributed by atoms with Crippen LogP contribution in [-0.4, -0.2) is 27.7 Å². The molecule has 5 heteroatoms. The largest absolute Gasteiger partial charge is 0.393 e. The topological polar surface area (TPSA) is 84.1 Å².